The second kappa shape index (κ2) is 9.37. The molecule has 2 heterocycles. The lowest BCUT2D eigenvalue weighted by Crippen LogP contribution is -2.39. The van der Waals surface area contributed by atoms with Crippen molar-refractivity contribution in [3.05, 3.63) is 83.0 Å². The maximum absolute atomic E-state index is 10.5. The summed E-state index contributed by atoms with van der Waals surface area (Å²) in [5, 5.41) is 3.95. The third kappa shape index (κ3) is 6.27. The Morgan fingerprint density at radius 2 is 1.69 bits per heavy atom. The molecule has 1 fully saturated rings. The van der Waals surface area contributed by atoms with E-state index in [0.717, 1.165) is 24.4 Å². The van der Waals surface area contributed by atoms with Crippen LogP contribution >= 0.6 is 11.6 Å². The average Bonchev–Trinajstić information content (AvgIpc) is 2.64. The molecule has 0 aliphatic carbocycles. The highest BCUT2D eigenvalue weighted by Crippen LogP contribution is 2.24. The smallest absolute Gasteiger partial charge is 0.294 e. The molecular weight excluding hydrogens is 412 g/mol. The van der Waals surface area contributed by atoms with Crippen LogP contribution < -0.4 is 10.1 Å². The van der Waals surface area contributed by atoms with Gasteiger partial charge in [0.25, 0.3) is 10.1 Å². The van der Waals surface area contributed by atoms with Gasteiger partial charge < -0.3 is 10.1 Å². The van der Waals surface area contributed by atoms with E-state index in [0.29, 0.717) is 16.8 Å². The summed E-state index contributed by atoms with van der Waals surface area (Å²) in [4.78, 5) is 4.25. The van der Waals surface area contributed by atoms with Crippen LogP contribution in [-0.2, 0) is 10.1 Å². The van der Waals surface area contributed by atoms with Crippen molar-refractivity contribution in [2.45, 2.75) is 17.7 Å². The molecule has 29 heavy (non-hydrogen) atoms. The van der Waals surface area contributed by atoms with E-state index in [2.05, 4.69) is 16.4 Å². The summed E-state index contributed by atoms with van der Waals surface area (Å²) in [7, 11) is -4.02. The van der Waals surface area contributed by atoms with Gasteiger partial charge >= 0.3 is 0 Å². The molecule has 6 nitrogen and oxygen atoms in total. The number of hydrogen-bond acceptors (Lipinski definition) is 5. The molecule has 0 radical (unpaired) electrons. The van der Waals surface area contributed by atoms with Crippen molar-refractivity contribution >= 4 is 21.7 Å². The molecule has 3 aromatic rings. The number of ether oxygens (including phenoxy) is 1. The monoisotopic (exact) mass is 432 g/mol. The van der Waals surface area contributed by atoms with E-state index in [1.54, 1.807) is 24.3 Å². The lowest BCUT2D eigenvalue weighted by Gasteiger charge is -2.27. The first kappa shape index (κ1) is 21.3. The molecule has 152 valence electrons. The Hall–Kier alpha value is -2.45. The fraction of sp³-hybridized carbons (Fsp3) is 0.190. The van der Waals surface area contributed by atoms with Gasteiger partial charge in [-0.15, -0.1) is 0 Å². The second-order valence-corrected chi connectivity index (χ2v) is 8.49. The number of pyridine rings is 1. The van der Waals surface area contributed by atoms with Gasteiger partial charge in [0.2, 0.25) is 5.88 Å². The third-order valence-electron chi connectivity index (χ3n) is 4.37. The summed E-state index contributed by atoms with van der Waals surface area (Å²) < 4.78 is 35.2. The van der Waals surface area contributed by atoms with E-state index in [-0.39, 0.29) is 4.90 Å². The molecule has 0 bridgehead atoms. The van der Waals surface area contributed by atoms with Crippen molar-refractivity contribution in [3.8, 4) is 11.6 Å². The maximum atomic E-state index is 10.5. The number of aryl methyl sites for hydroxylation is 1. The first-order valence-electron chi connectivity index (χ1n) is 8.95. The molecule has 1 aliphatic rings. The predicted octanol–water partition coefficient (Wildman–Crippen LogP) is 4.46. The summed E-state index contributed by atoms with van der Waals surface area (Å²) in [5.74, 6) is 1.94. The van der Waals surface area contributed by atoms with Gasteiger partial charge in [-0.05, 0) is 48.9 Å². The predicted molar refractivity (Wildman–Crippen MR) is 112 cm³/mol. The first-order chi connectivity index (χ1) is 13.8. The molecular formula is C21H21ClN2O4S. The SMILES string of the molecule is Cc1ccc(S(=O)(=O)O)cc1.Clc1ccc(Oc2ccc(C3CNC3)cn2)cc1. The first-order valence-corrected chi connectivity index (χ1v) is 10.8. The largest absolute Gasteiger partial charge is 0.439 e. The van der Waals surface area contributed by atoms with Crippen LogP contribution in [0.5, 0.6) is 11.6 Å². The highest BCUT2D eigenvalue weighted by atomic mass is 35.5. The molecule has 0 atom stereocenters. The number of benzene rings is 2. The number of nitrogens with zero attached hydrogens (tertiary/aromatic N) is 1. The van der Waals surface area contributed by atoms with Crippen molar-refractivity contribution < 1.29 is 17.7 Å². The van der Waals surface area contributed by atoms with Crippen molar-refractivity contribution in [1.29, 1.82) is 0 Å². The summed E-state index contributed by atoms with van der Waals surface area (Å²) in [6.07, 6.45) is 1.89. The number of hydrogen-bond donors (Lipinski definition) is 2. The lowest BCUT2D eigenvalue weighted by atomic mass is 9.95. The summed E-state index contributed by atoms with van der Waals surface area (Å²) in [5.41, 5.74) is 2.22. The number of rotatable bonds is 4. The van der Waals surface area contributed by atoms with Crippen LogP contribution in [-0.4, -0.2) is 31.0 Å². The topological polar surface area (TPSA) is 88.5 Å². The van der Waals surface area contributed by atoms with Crippen molar-refractivity contribution in [3.63, 3.8) is 0 Å². The maximum Gasteiger partial charge on any atom is 0.294 e. The van der Waals surface area contributed by atoms with Gasteiger partial charge in [0, 0.05) is 36.3 Å². The molecule has 0 saturated carbocycles. The molecule has 0 unspecified atom stereocenters. The van der Waals surface area contributed by atoms with Crippen molar-refractivity contribution in [1.82, 2.24) is 10.3 Å². The highest BCUT2D eigenvalue weighted by Gasteiger charge is 2.18. The number of nitrogens with one attached hydrogen (secondary N) is 1. The fourth-order valence-electron chi connectivity index (χ4n) is 2.55. The van der Waals surface area contributed by atoms with Gasteiger partial charge in [0.05, 0.1) is 4.90 Å². The highest BCUT2D eigenvalue weighted by molar-refractivity contribution is 7.85. The number of aromatic nitrogens is 1. The normalized spacial score (nSPS) is 13.8. The molecule has 2 N–H and O–H groups in total. The van der Waals surface area contributed by atoms with Gasteiger partial charge in [0.15, 0.2) is 0 Å². The standard InChI is InChI=1S/C14H13ClN2O.C7H8O3S/c15-12-2-4-13(5-3-12)18-14-6-1-10(9-17-14)11-7-16-8-11;1-6-2-4-7(5-3-6)11(8,9)10/h1-6,9,11,16H,7-8H2;2-5H,1H3,(H,8,9,10). The zero-order valence-corrected chi connectivity index (χ0v) is 17.3. The zero-order chi connectivity index (χ0) is 20.9. The van der Waals surface area contributed by atoms with E-state index < -0.39 is 10.1 Å². The van der Waals surface area contributed by atoms with Gasteiger partial charge in [-0.3, -0.25) is 4.55 Å². The van der Waals surface area contributed by atoms with Crippen molar-refractivity contribution in [2.24, 2.45) is 0 Å². The minimum Gasteiger partial charge on any atom is -0.439 e. The molecule has 8 heteroatoms. The average molecular weight is 433 g/mol. The van der Waals surface area contributed by atoms with Gasteiger partial charge in [-0.1, -0.05) is 35.4 Å². The van der Waals surface area contributed by atoms with Crippen LogP contribution in [0, 0.1) is 6.92 Å². The Labute approximate surface area is 175 Å². The second-order valence-electron chi connectivity index (χ2n) is 6.63. The third-order valence-corrected chi connectivity index (χ3v) is 5.49. The molecule has 1 saturated heterocycles. The van der Waals surface area contributed by atoms with Crippen LogP contribution in [0.4, 0.5) is 0 Å². The molecule has 1 aliphatic heterocycles. The summed E-state index contributed by atoms with van der Waals surface area (Å²) in [6, 6.07) is 17.2. The number of halogens is 1. The quantitative estimate of drug-likeness (QED) is 0.592. The summed E-state index contributed by atoms with van der Waals surface area (Å²) in [6.45, 7) is 3.92. The van der Waals surface area contributed by atoms with E-state index in [1.165, 1.54) is 17.7 Å². The van der Waals surface area contributed by atoms with E-state index in [4.69, 9.17) is 20.9 Å². The van der Waals surface area contributed by atoms with Gasteiger partial charge in [0.1, 0.15) is 5.75 Å². The van der Waals surface area contributed by atoms with Gasteiger partial charge in [-0.25, -0.2) is 4.98 Å². The van der Waals surface area contributed by atoms with Crippen LogP contribution in [0.25, 0.3) is 0 Å². The van der Waals surface area contributed by atoms with E-state index in [9.17, 15) is 8.42 Å². The Balaban J connectivity index is 0.000000188. The molecule has 0 amide bonds. The zero-order valence-electron chi connectivity index (χ0n) is 15.7. The Morgan fingerprint density at radius 1 is 1.03 bits per heavy atom. The summed E-state index contributed by atoms with van der Waals surface area (Å²) >= 11 is 5.82. The minimum atomic E-state index is -4.02. The van der Waals surface area contributed by atoms with Crippen LogP contribution in [0.1, 0.15) is 17.0 Å². The molecule has 0 spiro atoms. The Morgan fingerprint density at radius 3 is 2.17 bits per heavy atom. The van der Waals surface area contributed by atoms with Crippen LogP contribution in [0.15, 0.2) is 71.8 Å². The van der Waals surface area contributed by atoms with E-state index >= 15 is 0 Å². The van der Waals surface area contributed by atoms with E-state index in [1.807, 2.05) is 31.3 Å². The van der Waals surface area contributed by atoms with Crippen LogP contribution in [0.3, 0.4) is 0 Å². The Bertz CT molecular complexity index is 1030. The molecule has 1 aromatic heterocycles. The van der Waals surface area contributed by atoms with Crippen LogP contribution in [0.2, 0.25) is 5.02 Å². The Kier molecular flexibility index (Phi) is 6.87. The molecule has 4 rings (SSSR count). The van der Waals surface area contributed by atoms with Crippen molar-refractivity contribution in [2.75, 3.05) is 13.1 Å². The molecule has 2 aromatic carbocycles. The van der Waals surface area contributed by atoms with Gasteiger partial charge in [-0.2, -0.15) is 8.42 Å². The minimum absolute atomic E-state index is 0.0666. The lowest BCUT2D eigenvalue weighted by molar-refractivity contribution is 0.441. The fourth-order valence-corrected chi connectivity index (χ4v) is 3.16.